The molecule has 2 aromatic heterocycles. The summed E-state index contributed by atoms with van der Waals surface area (Å²) in [6, 6.07) is 11.3. The summed E-state index contributed by atoms with van der Waals surface area (Å²) in [4.78, 5) is 0. The van der Waals surface area contributed by atoms with Crippen LogP contribution in [0.5, 0.6) is 0 Å². The van der Waals surface area contributed by atoms with Crippen molar-refractivity contribution in [2.45, 2.75) is 97.1 Å². The lowest BCUT2D eigenvalue weighted by Crippen LogP contribution is -2.48. The van der Waals surface area contributed by atoms with E-state index in [0.29, 0.717) is 17.5 Å². The van der Waals surface area contributed by atoms with Crippen molar-refractivity contribution in [3.05, 3.63) is 59.9 Å². The van der Waals surface area contributed by atoms with Crippen molar-refractivity contribution in [2.24, 2.45) is 5.92 Å². The van der Waals surface area contributed by atoms with Gasteiger partial charge in [-0.3, -0.25) is 0 Å². The van der Waals surface area contributed by atoms with Crippen molar-refractivity contribution < 1.29 is 35.5 Å². The maximum Gasteiger partial charge on any atom is 0.495 e. The van der Waals surface area contributed by atoms with Gasteiger partial charge in [0.25, 0.3) is 0 Å². The summed E-state index contributed by atoms with van der Waals surface area (Å²) in [6.45, 7) is 15.9. The standard InChI is InChI=1S/C34H44B2N2O8S2/c1-22-18-27(25-14-16-37(29(25)19-22)47(9,39)40)35-45-33(6,7)34(8,46-35)20-24-12-13-28-26(15-17-38(28)48(41,42)21-23-10-11-23)30(24)36-43-31(2,3)32(4,5)44-36/h12-19,23H,10-11,20-21H2,1-9H3. The molecular formula is C34H44B2N2O8S2. The first kappa shape index (κ1) is 33.9. The predicted molar refractivity (Wildman–Crippen MR) is 190 cm³/mol. The van der Waals surface area contributed by atoms with Crippen LogP contribution < -0.4 is 10.9 Å². The monoisotopic (exact) mass is 694 g/mol. The lowest BCUT2D eigenvalue weighted by molar-refractivity contribution is -0.00863. The minimum atomic E-state index is -3.55. The summed E-state index contributed by atoms with van der Waals surface area (Å²) < 4.78 is 81.4. The highest BCUT2D eigenvalue weighted by Gasteiger charge is 2.57. The molecule has 0 amide bonds. The molecule has 1 unspecified atom stereocenters. The highest BCUT2D eigenvalue weighted by Crippen LogP contribution is 2.42. The van der Waals surface area contributed by atoms with E-state index in [0.717, 1.165) is 45.7 Å². The Morgan fingerprint density at radius 1 is 0.750 bits per heavy atom. The summed E-state index contributed by atoms with van der Waals surface area (Å²) in [5, 5.41) is 1.49. The second-order valence-corrected chi connectivity index (χ2v) is 19.4. The molecule has 1 aliphatic carbocycles. The highest BCUT2D eigenvalue weighted by atomic mass is 32.2. The van der Waals surface area contributed by atoms with Crippen molar-refractivity contribution >= 4 is 67.0 Å². The largest absolute Gasteiger partial charge is 0.495 e. The van der Waals surface area contributed by atoms with Gasteiger partial charge in [0.1, 0.15) is 0 Å². The van der Waals surface area contributed by atoms with Gasteiger partial charge in [0, 0.05) is 29.6 Å². The van der Waals surface area contributed by atoms with E-state index < -0.39 is 56.7 Å². The van der Waals surface area contributed by atoms with Crippen LogP contribution in [-0.4, -0.2) is 73.4 Å². The molecule has 48 heavy (non-hydrogen) atoms. The van der Waals surface area contributed by atoms with Crippen molar-refractivity contribution in [2.75, 3.05) is 12.0 Å². The Bertz CT molecular complexity index is 2170. The molecule has 0 radical (unpaired) electrons. The Morgan fingerprint density at radius 3 is 1.98 bits per heavy atom. The van der Waals surface area contributed by atoms with Gasteiger partial charge in [0.15, 0.2) is 0 Å². The highest BCUT2D eigenvalue weighted by molar-refractivity contribution is 7.90. The van der Waals surface area contributed by atoms with Crippen LogP contribution in [0.1, 0.15) is 72.4 Å². The number of benzene rings is 2. The molecule has 0 spiro atoms. The zero-order chi connectivity index (χ0) is 34.8. The lowest BCUT2D eigenvalue weighted by atomic mass is 9.70. The zero-order valence-electron chi connectivity index (χ0n) is 29.2. The first-order valence-electron chi connectivity index (χ1n) is 16.5. The summed E-state index contributed by atoms with van der Waals surface area (Å²) in [6.07, 6.45) is 6.68. The summed E-state index contributed by atoms with van der Waals surface area (Å²) >= 11 is 0. The summed E-state index contributed by atoms with van der Waals surface area (Å²) in [7, 11) is -8.57. The number of fused-ring (bicyclic) bond motifs is 2. The maximum absolute atomic E-state index is 13.5. The molecule has 256 valence electrons. The molecule has 7 rings (SSSR count). The molecule has 1 atom stereocenters. The molecule has 1 saturated carbocycles. The lowest BCUT2D eigenvalue weighted by Gasteiger charge is -2.37. The second-order valence-electron chi connectivity index (χ2n) is 15.6. The minimum Gasteiger partial charge on any atom is -0.399 e. The van der Waals surface area contributed by atoms with Gasteiger partial charge in [-0.2, -0.15) is 0 Å². The fourth-order valence-corrected chi connectivity index (χ4v) is 9.56. The fourth-order valence-electron chi connectivity index (χ4n) is 6.97. The number of aromatic nitrogens is 2. The molecule has 4 heterocycles. The van der Waals surface area contributed by atoms with Crippen molar-refractivity contribution in [3.63, 3.8) is 0 Å². The second kappa shape index (κ2) is 10.7. The van der Waals surface area contributed by atoms with E-state index in [2.05, 4.69) is 0 Å². The summed E-state index contributed by atoms with van der Waals surface area (Å²) in [5.74, 6) is 0.340. The third kappa shape index (κ3) is 5.47. The number of hydrogen-bond acceptors (Lipinski definition) is 8. The zero-order valence-corrected chi connectivity index (χ0v) is 30.8. The number of aryl methyl sites for hydroxylation is 1. The molecule has 14 heteroatoms. The van der Waals surface area contributed by atoms with E-state index >= 15 is 0 Å². The van der Waals surface area contributed by atoms with Crippen LogP contribution in [0, 0.1) is 12.8 Å². The van der Waals surface area contributed by atoms with Crippen molar-refractivity contribution in [3.8, 4) is 0 Å². The Labute approximate surface area is 284 Å². The average molecular weight is 694 g/mol. The Morgan fingerprint density at radius 2 is 1.35 bits per heavy atom. The van der Waals surface area contributed by atoms with E-state index in [1.807, 2.05) is 85.7 Å². The SMILES string of the molecule is Cc1cc(B2OC(C)(C)C(C)(Cc3ccc4c(ccn4S(=O)(=O)CC4CC4)c3B3OC(C)(C)C(C)(C)O3)O2)c2ccn(S(C)(=O)=O)c2c1. The van der Waals surface area contributed by atoms with Gasteiger partial charge >= 0.3 is 14.2 Å². The third-order valence-corrected chi connectivity index (χ3v) is 13.9. The van der Waals surface area contributed by atoms with Gasteiger partial charge in [-0.05, 0) is 120 Å². The average Bonchev–Trinajstić information content (AvgIpc) is 3.27. The van der Waals surface area contributed by atoms with Gasteiger partial charge in [0.2, 0.25) is 20.0 Å². The van der Waals surface area contributed by atoms with E-state index in [1.165, 1.54) is 14.2 Å². The number of hydrogen-bond donors (Lipinski definition) is 0. The van der Waals surface area contributed by atoms with Gasteiger partial charge in [-0.25, -0.2) is 24.8 Å². The van der Waals surface area contributed by atoms with Crippen LogP contribution in [0.2, 0.25) is 0 Å². The van der Waals surface area contributed by atoms with E-state index in [-0.39, 0.29) is 11.7 Å². The molecule has 4 aromatic rings. The maximum atomic E-state index is 13.5. The fraction of sp³-hybridized carbons (Fsp3) is 0.529. The van der Waals surface area contributed by atoms with Crippen LogP contribution in [0.3, 0.4) is 0 Å². The van der Waals surface area contributed by atoms with Crippen LogP contribution in [0.15, 0.2) is 48.8 Å². The normalized spacial score (nSPS) is 23.9. The molecule has 2 aliphatic heterocycles. The topological polar surface area (TPSA) is 115 Å². The van der Waals surface area contributed by atoms with Crippen molar-refractivity contribution in [1.29, 1.82) is 0 Å². The number of nitrogens with zero attached hydrogens (tertiary/aromatic N) is 2. The Kier molecular flexibility index (Phi) is 7.55. The van der Waals surface area contributed by atoms with Gasteiger partial charge in [0.05, 0.1) is 45.4 Å². The smallest absolute Gasteiger partial charge is 0.399 e. The molecular weight excluding hydrogens is 650 g/mol. The van der Waals surface area contributed by atoms with Crippen molar-refractivity contribution in [1.82, 2.24) is 7.94 Å². The van der Waals surface area contributed by atoms with E-state index in [4.69, 9.17) is 18.6 Å². The third-order valence-electron chi connectivity index (χ3n) is 11.0. The van der Waals surface area contributed by atoms with Gasteiger partial charge < -0.3 is 18.6 Å². The first-order valence-corrected chi connectivity index (χ1v) is 20.0. The van der Waals surface area contributed by atoms with E-state index in [9.17, 15) is 16.8 Å². The van der Waals surface area contributed by atoms with E-state index in [1.54, 1.807) is 18.5 Å². The van der Waals surface area contributed by atoms with Gasteiger partial charge in [-0.1, -0.05) is 12.1 Å². The first-order chi connectivity index (χ1) is 22.1. The molecule has 3 fully saturated rings. The Balaban J connectivity index is 1.31. The Hall–Kier alpha value is -2.61. The molecule has 2 aromatic carbocycles. The van der Waals surface area contributed by atoms with Crippen LogP contribution in [0.4, 0.5) is 0 Å². The minimum absolute atomic E-state index is 0.128. The molecule has 3 aliphatic rings. The summed E-state index contributed by atoms with van der Waals surface area (Å²) in [5.41, 5.74) is 1.60. The van der Waals surface area contributed by atoms with Crippen LogP contribution in [-0.2, 0) is 45.1 Å². The predicted octanol–water partition coefficient (Wildman–Crippen LogP) is 4.12. The molecule has 0 bridgehead atoms. The quantitative estimate of drug-likeness (QED) is 0.253. The molecule has 2 saturated heterocycles. The molecule has 10 nitrogen and oxygen atoms in total. The number of rotatable bonds is 8. The van der Waals surface area contributed by atoms with Crippen LogP contribution in [0.25, 0.3) is 21.8 Å². The van der Waals surface area contributed by atoms with Crippen LogP contribution >= 0.6 is 0 Å². The van der Waals surface area contributed by atoms with Gasteiger partial charge in [-0.15, -0.1) is 0 Å². The molecule has 0 N–H and O–H groups in total.